The lowest BCUT2D eigenvalue weighted by Crippen LogP contribution is -2.30. The van der Waals surface area contributed by atoms with E-state index in [1.807, 2.05) is 11.3 Å². The Balaban J connectivity index is 1.98. The van der Waals surface area contributed by atoms with Gasteiger partial charge in [0.05, 0.1) is 0 Å². The highest BCUT2D eigenvalue weighted by Gasteiger charge is 2.48. The summed E-state index contributed by atoms with van der Waals surface area (Å²) in [7, 11) is 0. The van der Waals surface area contributed by atoms with Crippen LogP contribution in [0.25, 0.3) is 0 Å². The number of nitrogens with two attached hydrogens (primary N) is 1. The van der Waals surface area contributed by atoms with Gasteiger partial charge in [0.2, 0.25) is 0 Å². The van der Waals surface area contributed by atoms with Gasteiger partial charge >= 0.3 is 0 Å². The van der Waals surface area contributed by atoms with Gasteiger partial charge in [-0.25, -0.2) is 0 Å². The molecular weight excluding hydrogens is 190 g/mol. The zero-order valence-electron chi connectivity index (χ0n) is 8.68. The summed E-state index contributed by atoms with van der Waals surface area (Å²) < 4.78 is 0. The second kappa shape index (κ2) is 2.83. The Morgan fingerprint density at radius 3 is 2.79 bits per heavy atom. The molecule has 0 aromatic carbocycles. The van der Waals surface area contributed by atoms with Crippen LogP contribution in [0.3, 0.4) is 0 Å². The number of hydrogen-bond donors (Lipinski definition) is 1. The summed E-state index contributed by atoms with van der Waals surface area (Å²) in [5, 5.41) is 0. The molecule has 1 saturated carbocycles. The van der Waals surface area contributed by atoms with Crippen LogP contribution in [-0.2, 0) is 18.3 Å². The fourth-order valence-electron chi connectivity index (χ4n) is 2.64. The summed E-state index contributed by atoms with van der Waals surface area (Å²) in [6, 6.07) is 2.78. The molecule has 0 spiro atoms. The van der Waals surface area contributed by atoms with Crippen LogP contribution >= 0.6 is 11.3 Å². The molecule has 1 atom stereocenters. The van der Waals surface area contributed by atoms with Gasteiger partial charge < -0.3 is 5.73 Å². The number of hydrogen-bond acceptors (Lipinski definition) is 2. The van der Waals surface area contributed by atoms with Gasteiger partial charge in [0.15, 0.2) is 0 Å². The van der Waals surface area contributed by atoms with Crippen molar-refractivity contribution < 1.29 is 0 Å². The van der Waals surface area contributed by atoms with E-state index in [0.29, 0.717) is 11.5 Å². The van der Waals surface area contributed by atoms with E-state index in [4.69, 9.17) is 5.73 Å². The van der Waals surface area contributed by atoms with Gasteiger partial charge in [0.25, 0.3) is 0 Å². The second-order valence-electron chi connectivity index (χ2n) is 4.86. The zero-order chi connectivity index (χ0) is 9.76. The summed E-state index contributed by atoms with van der Waals surface area (Å²) in [5.74, 6) is 0. The Labute approximate surface area is 89.3 Å². The molecule has 1 heterocycles. The molecule has 3 rings (SSSR count). The molecule has 1 aromatic heterocycles. The third-order valence-electron chi connectivity index (χ3n) is 3.90. The average Bonchev–Trinajstić information content (AvgIpc) is 2.67. The molecular formula is C12H17NS. The normalized spacial score (nSPS) is 24.7. The van der Waals surface area contributed by atoms with E-state index in [1.54, 1.807) is 15.3 Å². The molecule has 2 aliphatic carbocycles. The van der Waals surface area contributed by atoms with Gasteiger partial charge in [-0.1, -0.05) is 0 Å². The van der Waals surface area contributed by atoms with Crippen LogP contribution in [0.15, 0.2) is 6.07 Å². The van der Waals surface area contributed by atoms with Crippen molar-refractivity contribution in [3.05, 3.63) is 21.4 Å². The average molecular weight is 207 g/mol. The third-order valence-corrected chi connectivity index (χ3v) is 5.35. The van der Waals surface area contributed by atoms with Gasteiger partial charge in [-0.3, -0.25) is 0 Å². The van der Waals surface area contributed by atoms with E-state index in [9.17, 15) is 0 Å². The summed E-state index contributed by atoms with van der Waals surface area (Å²) in [6.07, 6.45) is 6.61. The predicted molar refractivity (Wildman–Crippen MR) is 60.9 cm³/mol. The minimum atomic E-state index is 0.335. The first-order chi connectivity index (χ1) is 6.72. The monoisotopic (exact) mass is 207 g/mol. The molecule has 1 fully saturated rings. The van der Waals surface area contributed by atoms with Crippen molar-refractivity contribution in [1.82, 2.24) is 0 Å². The van der Waals surface area contributed by atoms with E-state index < -0.39 is 0 Å². The smallest absolute Gasteiger partial charge is 0.0196 e. The SMILES string of the molecule is CC(N)C1(c2cc3c(s2)CCC3)CC1. The maximum atomic E-state index is 6.09. The molecule has 2 N–H and O–H groups in total. The van der Waals surface area contributed by atoms with E-state index in [0.717, 1.165) is 0 Å². The molecule has 2 aliphatic rings. The molecule has 0 amide bonds. The minimum Gasteiger partial charge on any atom is -0.327 e. The lowest BCUT2D eigenvalue weighted by molar-refractivity contribution is 0.565. The fourth-order valence-corrected chi connectivity index (χ4v) is 4.23. The van der Waals surface area contributed by atoms with Gasteiger partial charge in [-0.15, -0.1) is 11.3 Å². The highest BCUT2D eigenvalue weighted by molar-refractivity contribution is 7.12. The Kier molecular flexibility index (Phi) is 1.80. The predicted octanol–water partition coefficient (Wildman–Crippen LogP) is 2.62. The van der Waals surface area contributed by atoms with E-state index in [-0.39, 0.29) is 0 Å². The highest BCUT2D eigenvalue weighted by Crippen LogP contribution is 2.53. The van der Waals surface area contributed by atoms with Crippen molar-refractivity contribution in [2.75, 3.05) is 0 Å². The van der Waals surface area contributed by atoms with Gasteiger partial charge in [-0.2, -0.15) is 0 Å². The standard InChI is InChI=1S/C12H17NS/c1-8(13)12(5-6-12)11-7-9-3-2-4-10(9)14-11/h7-8H,2-6,13H2,1H3. The van der Waals surface area contributed by atoms with Crippen molar-refractivity contribution in [2.24, 2.45) is 5.73 Å². The maximum Gasteiger partial charge on any atom is 0.0196 e. The number of thiophene rings is 1. The maximum absolute atomic E-state index is 6.09. The van der Waals surface area contributed by atoms with Gasteiger partial charge in [0, 0.05) is 21.2 Å². The zero-order valence-corrected chi connectivity index (χ0v) is 9.49. The Hall–Kier alpha value is -0.340. The lowest BCUT2D eigenvalue weighted by atomic mass is 9.96. The summed E-state index contributed by atoms with van der Waals surface area (Å²) in [4.78, 5) is 3.23. The molecule has 1 nitrogen and oxygen atoms in total. The number of rotatable bonds is 2. The largest absolute Gasteiger partial charge is 0.327 e. The summed E-state index contributed by atoms with van der Waals surface area (Å²) >= 11 is 2.04. The van der Waals surface area contributed by atoms with Crippen molar-refractivity contribution in [1.29, 1.82) is 0 Å². The molecule has 0 saturated heterocycles. The molecule has 14 heavy (non-hydrogen) atoms. The van der Waals surface area contributed by atoms with Crippen LogP contribution in [0.2, 0.25) is 0 Å². The van der Waals surface area contributed by atoms with Crippen LogP contribution in [0.1, 0.15) is 41.5 Å². The Morgan fingerprint density at radius 1 is 1.43 bits per heavy atom. The van der Waals surface area contributed by atoms with Crippen molar-refractivity contribution in [2.45, 2.75) is 50.5 Å². The first-order valence-corrected chi connectivity index (χ1v) is 6.42. The lowest BCUT2D eigenvalue weighted by Gasteiger charge is -2.17. The van der Waals surface area contributed by atoms with Crippen molar-refractivity contribution in [3.63, 3.8) is 0 Å². The first kappa shape index (κ1) is 8.93. The van der Waals surface area contributed by atoms with Gasteiger partial charge in [0.1, 0.15) is 0 Å². The van der Waals surface area contributed by atoms with Crippen molar-refractivity contribution in [3.8, 4) is 0 Å². The Bertz CT molecular complexity index is 339. The van der Waals surface area contributed by atoms with Crippen LogP contribution < -0.4 is 5.73 Å². The summed E-state index contributed by atoms with van der Waals surface area (Å²) in [6.45, 7) is 2.16. The quantitative estimate of drug-likeness (QED) is 0.792. The molecule has 0 aliphatic heterocycles. The fraction of sp³-hybridized carbons (Fsp3) is 0.667. The first-order valence-electron chi connectivity index (χ1n) is 5.60. The minimum absolute atomic E-state index is 0.335. The Morgan fingerprint density at radius 2 is 2.21 bits per heavy atom. The highest BCUT2D eigenvalue weighted by atomic mass is 32.1. The van der Waals surface area contributed by atoms with Crippen molar-refractivity contribution >= 4 is 11.3 Å². The van der Waals surface area contributed by atoms with E-state index in [1.165, 1.54) is 32.1 Å². The topological polar surface area (TPSA) is 26.0 Å². The van der Waals surface area contributed by atoms with Crippen LogP contribution in [0.4, 0.5) is 0 Å². The second-order valence-corrected chi connectivity index (χ2v) is 5.99. The molecule has 0 radical (unpaired) electrons. The van der Waals surface area contributed by atoms with Crippen LogP contribution in [0.5, 0.6) is 0 Å². The number of aryl methyl sites for hydroxylation is 2. The molecule has 1 aromatic rings. The molecule has 1 unspecified atom stereocenters. The molecule has 76 valence electrons. The third kappa shape index (κ3) is 1.10. The summed E-state index contributed by atoms with van der Waals surface area (Å²) in [5.41, 5.74) is 8.10. The van der Waals surface area contributed by atoms with E-state index >= 15 is 0 Å². The molecule has 0 bridgehead atoms. The number of fused-ring (bicyclic) bond motifs is 1. The van der Waals surface area contributed by atoms with Crippen LogP contribution in [0, 0.1) is 0 Å². The molecule has 2 heteroatoms. The van der Waals surface area contributed by atoms with E-state index in [2.05, 4.69) is 13.0 Å². The van der Waals surface area contributed by atoms with Crippen LogP contribution in [-0.4, -0.2) is 6.04 Å². The van der Waals surface area contributed by atoms with Gasteiger partial charge in [-0.05, 0) is 50.7 Å².